The smallest absolute Gasteiger partial charge is 0.248 e. The first-order valence-electron chi connectivity index (χ1n) is 16.4. The van der Waals surface area contributed by atoms with Crippen LogP contribution in [0.4, 0.5) is 0 Å². The Bertz CT molecular complexity index is 1770. The number of Topliss-reactive ketones (excluding diaryl/α,β-unsaturated/α-hetero) is 4. The maximum atomic E-state index is 13.8. The van der Waals surface area contributed by atoms with Crippen molar-refractivity contribution >= 4 is 29.0 Å². The van der Waals surface area contributed by atoms with E-state index in [0.717, 1.165) is 6.08 Å². The fourth-order valence-electron chi connectivity index (χ4n) is 5.57. The summed E-state index contributed by atoms with van der Waals surface area (Å²) in [5, 5.41) is 45.4. The van der Waals surface area contributed by atoms with Gasteiger partial charge in [-0.25, -0.2) is 0 Å². The van der Waals surface area contributed by atoms with E-state index in [4.69, 9.17) is 5.73 Å². The van der Waals surface area contributed by atoms with Crippen molar-refractivity contribution in [2.24, 2.45) is 23.5 Å². The Balaban J connectivity index is 2.05. The van der Waals surface area contributed by atoms with Crippen LogP contribution < -0.4 is 11.1 Å². The Kier molecular flexibility index (Phi) is 13.5. The second-order valence-corrected chi connectivity index (χ2v) is 12.9. The summed E-state index contributed by atoms with van der Waals surface area (Å²) >= 11 is 0. The lowest BCUT2D eigenvalue weighted by Crippen LogP contribution is -2.37. The monoisotopic (exact) mass is 686 g/mol. The van der Waals surface area contributed by atoms with Gasteiger partial charge in [0, 0.05) is 35.8 Å². The number of benzene rings is 1. The molecule has 7 N–H and O–H groups in total. The van der Waals surface area contributed by atoms with Crippen molar-refractivity contribution in [3.63, 3.8) is 0 Å². The number of hydrogen-bond donors (Lipinski definition) is 6. The number of aromatic hydroxyl groups is 1. The standard InChI is InChI=1S/C39H46N2O9/c1-20-11-9-7-8-10-12-30(45)41-34-33(40)39(50)31-27(38(34)49)18-25(6)37(48)32(31)36(47)24(5)17-23(4)35(46)22(3)14-16-26(42)15-13-21(2)29(44)19-28(20)43/h7-14,16-18,20,22-23,26,28,35,42-43,46,48H,15,19,40H2,1-6H3,(H,41,45)/b8-7-,11-9+,12-10-,16-14+,21-13+,24-17+. The van der Waals surface area contributed by atoms with Crippen molar-refractivity contribution in [2.75, 3.05) is 0 Å². The summed E-state index contributed by atoms with van der Waals surface area (Å²) in [5.41, 5.74) is 4.59. The number of carbonyl (C=O) groups is 5. The molecule has 266 valence electrons. The van der Waals surface area contributed by atoms with Gasteiger partial charge in [0.05, 0.1) is 29.4 Å². The minimum absolute atomic E-state index is 0.0829. The molecular weight excluding hydrogens is 640 g/mol. The Labute approximate surface area is 292 Å². The van der Waals surface area contributed by atoms with Gasteiger partial charge >= 0.3 is 0 Å². The van der Waals surface area contributed by atoms with E-state index in [2.05, 4.69) is 5.32 Å². The number of aliphatic hydroxyl groups is 3. The van der Waals surface area contributed by atoms with E-state index in [-0.39, 0.29) is 46.8 Å². The molecule has 2 heterocycles. The molecule has 0 saturated carbocycles. The number of amides is 1. The van der Waals surface area contributed by atoms with Crippen LogP contribution in [-0.2, 0) is 9.59 Å². The Hall–Kier alpha value is -4.97. The third-order valence-corrected chi connectivity index (χ3v) is 8.87. The number of fused-ring (bicyclic) bond motifs is 18. The fraction of sp³-hybridized carbons (Fsp3) is 0.359. The predicted molar refractivity (Wildman–Crippen MR) is 189 cm³/mol. The van der Waals surface area contributed by atoms with Crippen LogP contribution in [0, 0.1) is 24.7 Å². The first kappa shape index (κ1) is 39.5. The minimum Gasteiger partial charge on any atom is -0.507 e. The van der Waals surface area contributed by atoms with Crippen LogP contribution in [0.2, 0.25) is 0 Å². The topological polar surface area (TPSA) is 204 Å². The average Bonchev–Trinajstić information content (AvgIpc) is 3.07. The molecule has 1 aromatic rings. The van der Waals surface area contributed by atoms with Crippen LogP contribution in [0.3, 0.4) is 0 Å². The summed E-state index contributed by atoms with van der Waals surface area (Å²) in [4.78, 5) is 66.2. The zero-order valence-corrected chi connectivity index (χ0v) is 29.1. The predicted octanol–water partition coefficient (Wildman–Crippen LogP) is 4.02. The number of carbonyl (C=O) groups excluding carboxylic acids is 5. The number of nitrogens with two attached hydrogens (primary N) is 1. The van der Waals surface area contributed by atoms with Gasteiger partial charge in [-0.05, 0) is 50.0 Å². The molecular formula is C39H46N2O9. The van der Waals surface area contributed by atoms with Gasteiger partial charge in [-0.2, -0.15) is 0 Å². The minimum atomic E-state index is -1.01. The molecule has 11 nitrogen and oxygen atoms in total. The number of allylic oxidation sites excluding steroid dienone is 8. The Morgan fingerprint density at radius 1 is 0.760 bits per heavy atom. The first-order chi connectivity index (χ1) is 23.5. The first-order valence-corrected chi connectivity index (χ1v) is 16.4. The van der Waals surface area contributed by atoms with Gasteiger partial charge in [0.2, 0.25) is 17.5 Å². The number of nitrogens with one attached hydrogen (secondary N) is 1. The van der Waals surface area contributed by atoms with E-state index in [1.54, 1.807) is 58.1 Å². The Morgan fingerprint density at radius 3 is 2.10 bits per heavy atom. The van der Waals surface area contributed by atoms with Crippen molar-refractivity contribution in [2.45, 2.75) is 72.7 Å². The van der Waals surface area contributed by atoms with Crippen LogP contribution in [0.1, 0.15) is 84.1 Å². The molecule has 4 bridgehead atoms. The summed E-state index contributed by atoms with van der Waals surface area (Å²) in [6.45, 7) is 9.67. The highest BCUT2D eigenvalue weighted by atomic mass is 16.3. The summed E-state index contributed by atoms with van der Waals surface area (Å²) < 4.78 is 0. The molecule has 50 heavy (non-hydrogen) atoms. The summed E-state index contributed by atoms with van der Waals surface area (Å²) in [6, 6.07) is 1.25. The number of phenolic OH excluding ortho intramolecular Hbond substituents is 1. The molecule has 0 saturated heterocycles. The molecule has 1 aliphatic carbocycles. The van der Waals surface area contributed by atoms with Gasteiger partial charge in [0.15, 0.2) is 11.6 Å². The van der Waals surface area contributed by atoms with E-state index in [1.807, 2.05) is 0 Å². The molecule has 2 aliphatic heterocycles. The summed E-state index contributed by atoms with van der Waals surface area (Å²) in [6.07, 6.45) is 12.2. The van der Waals surface area contributed by atoms with E-state index < -0.39 is 76.1 Å². The zero-order chi connectivity index (χ0) is 37.4. The average molecular weight is 687 g/mol. The maximum absolute atomic E-state index is 13.8. The summed E-state index contributed by atoms with van der Waals surface area (Å²) in [7, 11) is 0. The maximum Gasteiger partial charge on any atom is 0.248 e. The van der Waals surface area contributed by atoms with Gasteiger partial charge in [0.1, 0.15) is 17.1 Å². The second kappa shape index (κ2) is 17.1. The number of phenols is 1. The highest BCUT2D eigenvalue weighted by molar-refractivity contribution is 6.31. The molecule has 1 aromatic carbocycles. The van der Waals surface area contributed by atoms with Crippen molar-refractivity contribution in [3.8, 4) is 5.75 Å². The van der Waals surface area contributed by atoms with Crippen molar-refractivity contribution in [3.05, 3.63) is 112 Å². The van der Waals surface area contributed by atoms with Gasteiger partial charge < -0.3 is 31.5 Å². The van der Waals surface area contributed by atoms with E-state index in [9.17, 15) is 44.4 Å². The fourth-order valence-corrected chi connectivity index (χ4v) is 5.57. The van der Waals surface area contributed by atoms with Crippen molar-refractivity contribution in [1.82, 2.24) is 5.32 Å². The third-order valence-electron chi connectivity index (χ3n) is 8.87. The Morgan fingerprint density at radius 2 is 1.42 bits per heavy atom. The van der Waals surface area contributed by atoms with Crippen LogP contribution in [0.5, 0.6) is 5.75 Å². The normalized spacial score (nSPS) is 31.3. The zero-order valence-electron chi connectivity index (χ0n) is 29.1. The molecule has 1 amide bonds. The molecule has 11 heteroatoms. The highest BCUT2D eigenvalue weighted by Gasteiger charge is 2.37. The number of rotatable bonds is 0. The van der Waals surface area contributed by atoms with Gasteiger partial charge in [-0.15, -0.1) is 0 Å². The van der Waals surface area contributed by atoms with Gasteiger partial charge in [-0.1, -0.05) is 75.5 Å². The van der Waals surface area contributed by atoms with Crippen LogP contribution in [-0.4, -0.2) is 67.8 Å². The molecule has 6 atom stereocenters. The number of ketones is 4. The second-order valence-electron chi connectivity index (χ2n) is 12.9. The molecule has 0 aromatic heterocycles. The number of aliphatic hydroxyl groups excluding tert-OH is 3. The van der Waals surface area contributed by atoms with E-state index >= 15 is 0 Å². The molecule has 4 rings (SSSR count). The lowest BCUT2D eigenvalue weighted by Gasteiger charge is -2.23. The quantitative estimate of drug-likeness (QED) is 0.216. The number of hydrogen-bond acceptors (Lipinski definition) is 10. The lowest BCUT2D eigenvalue weighted by molar-refractivity contribution is -0.118. The van der Waals surface area contributed by atoms with Crippen LogP contribution in [0.25, 0.3) is 0 Å². The van der Waals surface area contributed by atoms with Gasteiger partial charge in [0.25, 0.3) is 0 Å². The SMILES string of the molecule is C/C1=C\CC(O)/C=C/C(C)C(O)C(C)/C=C(\C)C(=O)c2c(O)c(C)cc3c2C(=O)C(N)=C(NC(=O)\C=C/C=C\C=C\C(C)C(O)CC1=O)C3=O. The number of aryl methyl sites for hydroxylation is 1. The van der Waals surface area contributed by atoms with Crippen LogP contribution >= 0.6 is 0 Å². The highest BCUT2D eigenvalue weighted by Crippen LogP contribution is 2.36. The molecule has 0 fully saturated rings. The molecule has 0 radical (unpaired) electrons. The van der Waals surface area contributed by atoms with Gasteiger partial charge in [-0.3, -0.25) is 24.0 Å². The largest absolute Gasteiger partial charge is 0.507 e. The summed E-state index contributed by atoms with van der Waals surface area (Å²) in [5.74, 6) is -5.49. The third kappa shape index (κ3) is 9.38. The van der Waals surface area contributed by atoms with E-state index in [1.165, 1.54) is 44.2 Å². The van der Waals surface area contributed by atoms with Crippen LogP contribution in [0.15, 0.2) is 89.4 Å². The molecule has 6 unspecified atom stereocenters. The lowest BCUT2D eigenvalue weighted by atomic mass is 9.82. The van der Waals surface area contributed by atoms with Crippen molar-refractivity contribution in [1.29, 1.82) is 0 Å². The molecule has 3 aliphatic rings. The van der Waals surface area contributed by atoms with E-state index in [0.29, 0.717) is 5.57 Å². The van der Waals surface area contributed by atoms with Crippen molar-refractivity contribution < 1.29 is 44.4 Å². The molecule has 0 spiro atoms.